The minimum absolute atomic E-state index is 0.411. The van der Waals surface area contributed by atoms with Crippen molar-refractivity contribution in [3.05, 3.63) is 0 Å². The zero-order valence-corrected chi connectivity index (χ0v) is 9.49. The molecule has 0 amide bonds. The van der Waals surface area contributed by atoms with Crippen LogP contribution in [0.3, 0.4) is 0 Å². The molecule has 2 N–H and O–H groups in total. The van der Waals surface area contributed by atoms with E-state index >= 15 is 0 Å². The molecule has 0 spiro atoms. The van der Waals surface area contributed by atoms with Crippen LogP contribution in [0.15, 0.2) is 0 Å². The molecule has 0 fully saturated rings. The van der Waals surface area contributed by atoms with Gasteiger partial charge in [0.25, 0.3) is 0 Å². The molecule has 0 radical (unpaired) electrons. The molecule has 0 saturated carbocycles. The Morgan fingerprint density at radius 1 is 1.33 bits per heavy atom. The average Bonchev–Trinajstić information content (AvgIpc) is 2.03. The lowest BCUT2D eigenvalue weighted by Crippen LogP contribution is -2.21. The van der Waals surface area contributed by atoms with Crippen molar-refractivity contribution in [2.45, 2.75) is 46.1 Å². The SMILES string of the molecule is CCC(N)CSCCCC(C)C. The van der Waals surface area contributed by atoms with Crippen LogP contribution in [0.5, 0.6) is 0 Å². The number of hydrogen-bond donors (Lipinski definition) is 1. The summed E-state index contributed by atoms with van der Waals surface area (Å²) in [5, 5.41) is 0. The summed E-state index contributed by atoms with van der Waals surface area (Å²) >= 11 is 2.00. The van der Waals surface area contributed by atoms with Gasteiger partial charge < -0.3 is 5.73 Å². The van der Waals surface area contributed by atoms with Crippen LogP contribution in [0.2, 0.25) is 0 Å². The third-order valence-corrected chi connectivity index (χ3v) is 3.17. The van der Waals surface area contributed by atoms with E-state index in [2.05, 4.69) is 20.8 Å². The molecule has 0 aliphatic carbocycles. The van der Waals surface area contributed by atoms with Gasteiger partial charge in [-0.15, -0.1) is 0 Å². The lowest BCUT2D eigenvalue weighted by Gasteiger charge is -2.08. The molecular weight excluding hydrogens is 166 g/mol. The third-order valence-electron chi connectivity index (χ3n) is 1.93. The molecule has 12 heavy (non-hydrogen) atoms. The summed E-state index contributed by atoms with van der Waals surface area (Å²) in [6.07, 6.45) is 3.81. The van der Waals surface area contributed by atoms with Gasteiger partial charge in [0.2, 0.25) is 0 Å². The van der Waals surface area contributed by atoms with Crippen LogP contribution in [0.1, 0.15) is 40.0 Å². The molecule has 74 valence electrons. The highest BCUT2D eigenvalue weighted by Gasteiger charge is 1.99. The molecule has 0 saturated heterocycles. The van der Waals surface area contributed by atoms with Crippen LogP contribution in [0, 0.1) is 5.92 Å². The van der Waals surface area contributed by atoms with Gasteiger partial charge in [-0.25, -0.2) is 0 Å². The maximum atomic E-state index is 5.79. The van der Waals surface area contributed by atoms with E-state index in [9.17, 15) is 0 Å². The van der Waals surface area contributed by atoms with Gasteiger partial charge in [-0.05, 0) is 24.5 Å². The minimum Gasteiger partial charge on any atom is -0.327 e. The van der Waals surface area contributed by atoms with E-state index < -0.39 is 0 Å². The lowest BCUT2D eigenvalue weighted by molar-refractivity contribution is 0.579. The second kappa shape index (κ2) is 7.93. The zero-order chi connectivity index (χ0) is 9.40. The first-order valence-corrected chi connectivity index (χ1v) is 6.15. The van der Waals surface area contributed by atoms with Crippen molar-refractivity contribution in [1.82, 2.24) is 0 Å². The van der Waals surface area contributed by atoms with Gasteiger partial charge in [0, 0.05) is 11.8 Å². The van der Waals surface area contributed by atoms with Gasteiger partial charge in [0.05, 0.1) is 0 Å². The molecule has 0 bridgehead atoms. The predicted octanol–water partition coefficient (Wildman–Crippen LogP) is 2.89. The first-order chi connectivity index (χ1) is 5.66. The number of nitrogens with two attached hydrogens (primary N) is 1. The third kappa shape index (κ3) is 8.41. The summed E-state index contributed by atoms with van der Waals surface area (Å²) in [6.45, 7) is 6.71. The van der Waals surface area contributed by atoms with Crippen molar-refractivity contribution in [2.24, 2.45) is 11.7 Å². The van der Waals surface area contributed by atoms with Crippen molar-refractivity contribution < 1.29 is 0 Å². The van der Waals surface area contributed by atoms with Gasteiger partial charge in [0.1, 0.15) is 0 Å². The number of rotatable bonds is 7. The maximum Gasteiger partial charge on any atom is 0.0127 e. The van der Waals surface area contributed by atoms with Gasteiger partial charge in [-0.1, -0.05) is 27.2 Å². The van der Waals surface area contributed by atoms with Crippen molar-refractivity contribution in [3.63, 3.8) is 0 Å². The fraction of sp³-hybridized carbons (Fsp3) is 1.00. The van der Waals surface area contributed by atoms with Crippen LogP contribution < -0.4 is 5.73 Å². The van der Waals surface area contributed by atoms with Crippen LogP contribution in [0.25, 0.3) is 0 Å². The molecule has 1 atom stereocenters. The lowest BCUT2D eigenvalue weighted by atomic mass is 10.1. The summed E-state index contributed by atoms with van der Waals surface area (Å²) in [7, 11) is 0. The van der Waals surface area contributed by atoms with Gasteiger partial charge >= 0.3 is 0 Å². The van der Waals surface area contributed by atoms with Crippen molar-refractivity contribution in [1.29, 1.82) is 0 Å². The molecule has 0 aromatic carbocycles. The quantitative estimate of drug-likeness (QED) is 0.623. The summed E-state index contributed by atoms with van der Waals surface area (Å²) in [5.74, 6) is 3.27. The van der Waals surface area contributed by atoms with Crippen molar-refractivity contribution >= 4 is 11.8 Å². The van der Waals surface area contributed by atoms with Crippen LogP contribution in [0.4, 0.5) is 0 Å². The normalized spacial score (nSPS) is 13.8. The molecule has 0 aliphatic rings. The highest BCUT2D eigenvalue weighted by atomic mass is 32.2. The first kappa shape index (κ1) is 12.3. The monoisotopic (exact) mass is 189 g/mol. The molecule has 2 heteroatoms. The highest BCUT2D eigenvalue weighted by molar-refractivity contribution is 7.99. The van der Waals surface area contributed by atoms with E-state index in [1.807, 2.05) is 11.8 Å². The van der Waals surface area contributed by atoms with Crippen LogP contribution in [-0.2, 0) is 0 Å². The molecular formula is C10H23NS. The Hall–Kier alpha value is 0.310. The van der Waals surface area contributed by atoms with E-state index in [0.717, 1.165) is 18.1 Å². The van der Waals surface area contributed by atoms with E-state index in [0.29, 0.717) is 6.04 Å². The van der Waals surface area contributed by atoms with Crippen LogP contribution in [-0.4, -0.2) is 17.5 Å². The van der Waals surface area contributed by atoms with Gasteiger partial charge in [0.15, 0.2) is 0 Å². The average molecular weight is 189 g/mol. The first-order valence-electron chi connectivity index (χ1n) is 5.00. The summed E-state index contributed by atoms with van der Waals surface area (Å²) in [4.78, 5) is 0. The molecule has 0 aliphatic heterocycles. The molecule has 1 nitrogen and oxygen atoms in total. The number of hydrogen-bond acceptors (Lipinski definition) is 2. The zero-order valence-electron chi connectivity index (χ0n) is 8.68. The Labute approximate surface area is 81.5 Å². The smallest absolute Gasteiger partial charge is 0.0127 e. The molecule has 0 aromatic heterocycles. The van der Waals surface area contributed by atoms with E-state index in [4.69, 9.17) is 5.73 Å². The Bertz CT molecular complexity index is 93.8. The molecule has 1 unspecified atom stereocenters. The Morgan fingerprint density at radius 3 is 2.50 bits per heavy atom. The Balaban J connectivity index is 3.00. The predicted molar refractivity (Wildman–Crippen MR) is 59.7 cm³/mol. The van der Waals surface area contributed by atoms with Crippen molar-refractivity contribution in [3.8, 4) is 0 Å². The van der Waals surface area contributed by atoms with E-state index in [1.54, 1.807) is 0 Å². The van der Waals surface area contributed by atoms with Gasteiger partial charge in [-0.3, -0.25) is 0 Å². The van der Waals surface area contributed by atoms with Crippen molar-refractivity contribution in [2.75, 3.05) is 11.5 Å². The fourth-order valence-corrected chi connectivity index (χ4v) is 2.02. The summed E-state index contributed by atoms with van der Waals surface area (Å²) in [6, 6.07) is 0.411. The summed E-state index contributed by atoms with van der Waals surface area (Å²) in [5.41, 5.74) is 5.79. The fourth-order valence-electron chi connectivity index (χ4n) is 0.946. The second-order valence-corrected chi connectivity index (χ2v) is 4.93. The molecule has 0 aromatic rings. The highest BCUT2D eigenvalue weighted by Crippen LogP contribution is 2.10. The summed E-state index contributed by atoms with van der Waals surface area (Å²) < 4.78 is 0. The van der Waals surface area contributed by atoms with Crippen LogP contribution >= 0.6 is 11.8 Å². The van der Waals surface area contributed by atoms with Gasteiger partial charge in [-0.2, -0.15) is 11.8 Å². The minimum atomic E-state index is 0.411. The number of thioether (sulfide) groups is 1. The van der Waals surface area contributed by atoms with E-state index in [-0.39, 0.29) is 0 Å². The second-order valence-electron chi connectivity index (χ2n) is 3.78. The standard InChI is InChI=1S/C10H23NS/c1-4-10(11)8-12-7-5-6-9(2)3/h9-10H,4-8,11H2,1-3H3. The maximum absolute atomic E-state index is 5.79. The topological polar surface area (TPSA) is 26.0 Å². The Kier molecular flexibility index (Phi) is 8.14. The molecule has 0 rings (SSSR count). The van der Waals surface area contributed by atoms with E-state index in [1.165, 1.54) is 18.6 Å². The largest absolute Gasteiger partial charge is 0.327 e. The Morgan fingerprint density at radius 2 is 2.00 bits per heavy atom. The molecule has 0 heterocycles.